The summed E-state index contributed by atoms with van der Waals surface area (Å²) in [6.45, 7) is 12.9. The van der Waals surface area contributed by atoms with Gasteiger partial charge < -0.3 is 15.1 Å². The molecule has 1 N–H and O–H groups in total. The van der Waals surface area contributed by atoms with Crippen LogP contribution < -0.4 is 10.2 Å². The van der Waals surface area contributed by atoms with Crippen molar-refractivity contribution in [2.45, 2.75) is 32.6 Å². The predicted molar refractivity (Wildman–Crippen MR) is 135 cm³/mol. The van der Waals surface area contributed by atoms with Gasteiger partial charge in [-0.15, -0.1) is 0 Å². The molecule has 0 spiro atoms. The van der Waals surface area contributed by atoms with E-state index in [1.807, 2.05) is 12.1 Å². The number of nitrogens with zero attached hydrogens (tertiary/aromatic N) is 3. The van der Waals surface area contributed by atoms with Crippen LogP contribution in [0.1, 0.15) is 36.7 Å². The fraction of sp³-hybridized carbons (Fsp3) is 0.458. The molecule has 0 saturated carbocycles. The molecule has 1 fully saturated rings. The third-order valence-electron chi connectivity index (χ3n) is 6.14. The van der Waals surface area contributed by atoms with Crippen molar-refractivity contribution >= 4 is 38.9 Å². The van der Waals surface area contributed by atoms with E-state index in [-0.39, 0.29) is 16.4 Å². The first kappa shape index (κ1) is 25.5. The lowest BCUT2D eigenvalue weighted by atomic mass is 10.1. The largest absolute Gasteiger partial charge is 0.367 e. The zero-order chi connectivity index (χ0) is 24.2. The number of likely N-dealkylation sites (N-methyl/N-ethyl adjacent to an activating group) is 1. The number of piperazine rings is 1. The highest BCUT2D eigenvalue weighted by Crippen LogP contribution is 2.31. The summed E-state index contributed by atoms with van der Waals surface area (Å²) in [5.41, 5.74) is 2.42. The molecule has 180 valence electrons. The molecule has 7 nitrogen and oxygen atoms in total. The monoisotopic (exact) mass is 492 g/mol. The third kappa shape index (κ3) is 5.69. The van der Waals surface area contributed by atoms with Crippen LogP contribution in [0.4, 0.5) is 11.4 Å². The first-order chi connectivity index (χ1) is 15.7. The second kappa shape index (κ2) is 10.9. The molecule has 1 aliphatic heterocycles. The molecule has 1 aliphatic rings. The molecule has 0 bridgehead atoms. The summed E-state index contributed by atoms with van der Waals surface area (Å²) in [6.07, 6.45) is 0. The van der Waals surface area contributed by atoms with Crippen molar-refractivity contribution in [3.8, 4) is 0 Å². The van der Waals surface area contributed by atoms with E-state index >= 15 is 0 Å². The molecular formula is C24H33ClN4O3S. The van der Waals surface area contributed by atoms with Gasteiger partial charge in [0, 0.05) is 49.9 Å². The number of anilines is 2. The molecule has 0 aromatic heterocycles. The number of rotatable bonds is 8. The Morgan fingerprint density at radius 2 is 1.70 bits per heavy atom. The van der Waals surface area contributed by atoms with Crippen LogP contribution in [0, 0.1) is 6.92 Å². The van der Waals surface area contributed by atoms with Gasteiger partial charge >= 0.3 is 0 Å². The molecule has 2 aromatic carbocycles. The second-order valence-electron chi connectivity index (χ2n) is 8.11. The first-order valence-electron chi connectivity index (χ1n) is 11.4. The van der Waals surface area contributed by atoms with E-state index in [2.05, 4.69) is 22.0 Å². The van der Waals surface area contributed by atoms with Gasteiger partial charge in [0.05, 0.1) is 16.3 Å². The minimum Gasteiger partial charge on any atom is -0.367 e. The molecule has 0 atom stereocenters. The van der Waals surface area contributed by atoms with E-state index in [1.54, 1.807) is 39.0 Å². The number of amides is 1. The fourth-order valence-corrected chi connectivity index (χ4v) is 5.99. The molecule has 0 radical (unpaired) electrons. The standard InChI is InChI=1S/C24H33ClN4O3S/c1-5-27-12-14-28(15-13-27)22-11-10-20(25)17-21(22)26-24(30)19-9-8-18(4)23(16-19)33(31,32)29(6-2)7-3/h8-11,16-17H,5-7,12-15H2,1-4H3,(H,26,30). The van der Waals surface area contributed by atoms with Crippen molar-refractivity contribution in [2.24, 2.45) is 0 Å². The Morgan fingerprint density at radius 1 is 1.03 bits per heavy atom. The van der Waals surface area contributed by atoms with Crippen LogP contribution in [-0.2, 0) is 10.0 Å². The lowest BCUT2D eigenvalue weighted by Gasteiger charge is -2.36. The summed E-state index contributed by atoms with van der Waals surface area (Å²) in [4.78, 5) is 17.9. The van der Waals surface area contributed by atoms with Crippen molar-refractivity contribution in [3.63, 3.8) is 0 Å². The minimum atomic E-state index is -3.68. The average molecular weight is 493 g/mol. The molecule has 1 saturated heterocycles. The Kier molecular flexibility index (Phi) is 8.39. The van der Waals surface area contributed by atoms with Gasteiger partial charge in [0.2, 0.25) is 10.0 Å². The topological polar surface area (TPSA) is 73.0 Å². The first-order valence-corrected chi connectivity index (χ1v) is 13.2. The third-order valence-corrected chi connectivity index (χ3v) is 8.57. The summed E-state index contributed by atoms with van der Waals surface area (Å²) >= 11 is 6.24. The summed E-state index contributed by atoms with van der Waals surface area (Å²) < 4.78 is 27.5. The van der Waals surface area contributed by atoms with Gasteiger partial charge in [-0.3, -0.25) is 4.79 Å². The van der Waals surface area contributed by atoms with Crippen molar-refractivity contribution in [3.05, 3.63) is 52.5 Å². The van der Waals surface area contributed by atoms with Crippen LogP contribution in [0.5, 0.6) is 0 Å². The quantitative estimate of drug-likeness (QED) is 0.601. The van der Waals surface area contributed by atoms with E-state index in [0.29, 0.717) is 29.4 Å². The molecule has 9 heteroatoms. The number of benzene rings is 2. The van der Waals surface area contributed by atoms with Gasteiger partial charge in [-0.2, -0.15) is 4.31 Å². The van der Waals surface area contributed by atoms with E-state index in [9.17, 15) is 13.2 Å². The second-order valence-corrected chi connectivity index (χ2v) is 10.4. The maximum atomic E-state index is 13.2. The van der Waals surface area contributed by atoms with Crippen LogP contribution in [-0.4, -0.2) is 69.3 Å². The number of halogens is 1. The van der Waals surface area contributed by atoms with Gasteiger partial charge in [0.25, 0.3) is 5.91 Å². The van der Waals surface area contributed by atoms with Crippen LogP contribution in [0.3, 0.4) is 0 Å². The van der Waals surface area contributed by atoms with Gasteiger partial charge in [0.1, 0.15) is 0 Å². The van der Waals surface area contributed by atoms with Crippen molar-refractivity contribution in [1.82, 2.24) is 9.21 Å². The van der Waals surface area contributed by atoms with Crippen molar-refractivity contribution < 1.29 is 13.2 Å². The van der Waals surface area contributed by atoms with E-state index in [0.717, 1.165) is 38.4 Å². The normalized spacial score (nSPS) is 15.2. The number of aryl methyl sites for hydroxylation is 1. The lowest BCUT2D eigenvalue weighted by molar-refractivity contribution is 0.102. The smallest absolute Gasteiger partial charge is 0.255 e. The molecule has 1 heterocycles. The van der Waals surface area contributed by atoms with Crippen LogP contribution >= 0.6 is 11.6 Å². The molecule has 0 unspecified atom stereocenters. The Labute approximate surface area is 202 Å². The maximum absolute atomic E-state index is 13.2. The summed E-state index contributed by atoms with van der Waals surface area (Å²) in [7, 11) is -3.68. The number of nitrogens with one attached hydrogen (secondary N) is 1. The SMILES string of the molecule is CCN1CCN(c2ccc(Cl)cc2NC(=O)c2ccc(C)c(S(=O)(=O)N(CC)CC)c2)CC1. The van der Waals surface area contributed by atoms with Crippen LogP contribution in [0.2, 0.25) is 5.02 Å². The van der Waals surface area contributed by atoms with E-state index in [4.69, 9.17) is 11.6 Å². The van der Waals surface area contributed by atoms with E-state index in [1.165, 1.54) is 10.4 Å². The highest BCUT2D eigenvalue weighted by Gasteiger charge is 2.25. The molecule has 3 rings (SSSR count). The zero-order valence-electron chi connectivity index (χ0n) is 19.8. The summed E-state index contributed by atoms with van der Waals surface area (Å²) in [6, 6.07) is 10.3. The number of carbonyl (C=O) groups is 1. The van der Waals surface area contributed by atoms with Crippen molar-refractivity contribution in [2.75, 3.05) is 56.0 Å². The van der Waals surface area contributed by atoms with E-state index < -0.39 is 10.0 Å². The van der Waals surface area contributed by atoms with Crippen molar-refractivity contribution in [1.29, 1.82) is 0 Å². The average Bonchev–Trinajstić information content (AvgIpc) is 2.80. The molecule has 33 heavy (non-hydrogen) atoms. The van der Waals surface area contributed by atoms with Gasteiger partial charge in [0.15, 0.2) is 0 Å². The number of hydrogen-bond acceptors (Lipinski definition) is 5. The highest BCUT2D eigenvalue weighted by molar-refractivity contribution is 7.89. The Balaban J connectivity index is 1.89. The molecule has 2 aromatic rings. The maximum Gasteiger partial charge on any atom is 0.255 e. The Bertz CT molecular complexity index is 1090. The van der Waals surface area contributed by atoms with Gasteiger partial charge in [-0.1, -0.05) is 38.4 Å². The molecule has 0 aliphatic carbocycles. The lowest BCUT2D eigenvalue weighted by Crippen LogP contribution is -2.46. The van der Waals surface area contributed by atoms with Crippen LogP contribution in [0.15, 0.2) is 41.3 Å². The van der Waals surface area contributed by atoms with Crippen LogP contribution in [0.25, 0.3) is 0 Å². The predicted octanol–water partition coefficient (Wildman–Crippen LogP) is 4.07. The Morgan fingerprint density at radius 3 is 2.30 bits per heavy atom. The summed E-state index contributed by atoms with van der Waals surface area (Å²) in [5, 5.41) is 3.48. The zero-order valence-corrected chi connectivity index (χ0v) is 21.3. The minimum absolute atomic E-state index is 0.154. The fourth-order valence-electron chi connectivity index (χ4n) is 4.11. The van der Waals surface area contributed by atoms with Gasteiger partial charge in [-0.25, -0.2) is 8.42 Å². The molecule has 1 amide bonds. The van der Waals surface area contributed by atoms with Gasteiger partial charge in [-0.05, 0) is 49.4 Å². The number of carbonyl (C=O) groups excluding carboxylic acids is 1. The molecular weight excluding hydrogens is 460 g/mol. The Hall–Kier alpha value is -2.13. The summed E-state index contributed by atoms with van der Waals surface area (Å²) in [5.74, 6) is -0.373. The number of hydrogen-bond donors (Lipinski definition) is 1. The highest BCUT2D eigenvalue weighted by atomic mass is 35.5. The number of sulfonamides is 1.